The van der Waals surface area contributed by atoms with E-state index in [0.29, 0.717) is 19.4 Å². The molecular weight excluding hydrogens is 935 g/mol. The van der Waals surface area contributed by atoms with Gasteiger partial charge in [0, 0.05) is 12.8 Å². The van der Waals surface area contributed by atoms with Crippen LogP contribution in [0, 0.1) is 0 Å². The highest BCUT2D eigenvalue weighted by molar-refractivity contribution is 5.76. The average Bonchev–Trinajstić information content (AvgIpc) is 3.42. The summed E-state index contributed by atoms with van der Waals surface area (Å²) in [4.78, 5) is 24.5. The zero-order valence-electron chi connectivity index (χ0n) is 51.8. The van der Waals surface area contributed by atoms with E-state index in [0.717, 1.165) is 38.5 Å². The Morgan fingerprint density at radius 1 is 0.355 bits per heavy atom. The van der Waals surface area contributed by atoms with Crippen molar-refractivity contribution in [1.82, 2.24) is 5.32 Å². The summed E-state index contributed by atoms with van der Waals surface area (Å²) in [7, 11) is 0. The molecule has 0 aliphatic heterocycles. The van der Waals surface area contributed by atoms with Crippen LogP contribution in [-0.4, -0.2) is 47.4 Å². The van der Waals surface area contributed by atoms with Gasteiger partial charge in [0.25, 0.3) is 0 Å². The Balaban J connectivity index is 3.30. The lowest BCUT2D eigenvalue weighted by Gasteiger charge is -2.20. The predicted octanol–water partition coefficient (Wildman–Crippen LogP) is 22.4. The van der Waals surface area contributed by atoms with Crippen molar-refractivity contribution >= 4 is 11.9 Å². The topological polar surface area (TPSA) is 95.9 Å². The summed E-state index contributed by atoms with van der Waals surface area (Å²) >= 11 is 0. The minimum absolute atomic E-state index is 0.0244. The largest absolute Gasteiger partial charge is 0.466 e. The van der Waals surface area contributed by atoms with Crippen LogP contribution in [0.1, 0.15) is 399 Å². The van der Waals surface area contributed by atoms with Crippen LogP contribution in [0.3, 0.4) is 0 Å². The second-order valence-electron chi connectivity index (χ2n) is 24.2. The van der Waals surface area contributed by atoms with Gasteiger partial charge >= 0.3 is 5.97 Å². The quantitative estimate of drug-likeness (QED) is 0.0320. The third-order valence-corrected chi connectivity index (χ3v) is 16.6. The Kier molecular flexibility index (Phi) is 64.9. The fourth-order valence-corrected chi connectivity index (χ4v) is 11.2. The first-order chi connectivity index (χ1) is 37.5. The van der Waals surface area contributed by atoms with Gasteiger partial charge < -0.3 is 20.3 Å². The molecule has 1 amide bonds. The van der Waals surface area contributed by atoms with E-state index in [-0.39, 0.29) is 18.5 Å². The Hall–Kier alpha value is -1.40. The second-order valence-corrected chi connectivity index (χ2v) is 24.2. The van der Waals surface area contributed by atoms with Gasteiger partial charge in [0.05, 0.1) is 25.4 Å². The third kappa shape index (κ3) is 61.8. The minimum Gasteiger partial charge on any atom is -0.466 e. The number of hydrogen-bond donors (Lipinski definition) is 3. The highest BCUT2D eigenvalue weighted by Gasteiger charge is 2.18. The Bertz CT molecular complexity index is 1140. The number of amides is 1. The summed E-state index contributed by atoms with van der Waals surface area (Å²) in [6.07, 6.45) is 81.6. The molecule has 2 atom stereocenters. The second kappa shape index (κ2) is 66.1. The van der Waals surface area contributed by atoms with Crippen molar-refractivity contribution in [2.75, 3.05) is 13.2 Å². The molecule has 452 valence electrons. The molecule has 6 heteroatoms. The van der Waals surface area contributed by atoms with E-state index in [1.165, 1.54) is 334 Å². The monoisotopic (exact) mass is 1070 g/mol. The van der Waals surface area contributed by atoms with E-state index in [1.54, 1.807) is 6.08 Å². The molecule has 0 saturated carbocycles. The fraction of sp³-hybridized carbons (Fsp3) is 0.943. The molecule has 0 rings (SSSR count). The third-order valence-electron chi connectivity index (χ3n) is 16.6. The number of aliphatic hydroxyl groups excluding tert-OH is 2. The standard InChI is InChI=1S/C70H137NO5/c1-3-5-7-9-11-13-15-17-40-44-48-52-56-60-64-70(75)76-65-61-57-53-49-45-41-38-36-34-32-30-28-26-24-22-20-18-19-21-23-25-27-29-31-33-35-37-39-43-47-51-55-59-63-69(74)71-67(66-72)68(73)62-58-54-50-46-42-16-14-12-10-8-6-4-2/h58,62,67-68,72-73H,3-57,59-61,63-66H2,1-2H3,(H,71,74)/b62-58+. The summed E-state index contributed by atoms with van der Waals surface area (Å²) in [6, 6.07) is -0.622. The van der Waals surface area contributed by atoms with E-state index in [2.05, 4.69) is 19.2 Å². The predicted molar refractivity (Wildman–Crippen MR) is 333 cm³/mol. The lowest BCUT2D eigenvalue weighted by molar-refractivity contribution is -0.143. The van der Waals surface area contributed by atoms with Gasteiger partial charge in [-0.15, -0.1) is 0 Å². The van der Waals surface area contributed by atoms with Gasteiger partial charge in [-0.3, -0.25) is 9.59 Å². The molecule has 0 aromatic rings. The average molecular weight is 1070 g/mol. The van der Waals surface area contributed by atoms with Crippen LogP contribution < -0.4 is 5.32 Å². The highest BCUT2D eigenvalue weighted by Crippen LogP contribution is 2.19. The van der Waals surface area contributed by atoms with Gasteiger partial charge in [-0.25, -0.2) is 0 Å². The number of nitrogens with one attached hydrogen (secondary N) is 1. The maximum absolute atomic E-state index is 12.5. The molecule has 76 heavy (non-hydrogen) atoms. The van der Waals surface area contributed by atoms with Gasteiger partial charge in [0.1, 0.15) is 0 Å². The van der Waals surface area contributed by atoms with Crippen LogP contribution in [0.15, 0.2) is 12.2 Å². The van der Waals surface area contributed by atoms with E-state index in [1.807, 2.05) is 6.08 Å². The molecule has 0 fully saturated rings. The summed E-state index contributed by atoms with van der Waals surface area (Å²) in [5.74, 6) is -0.0373. The molecule has 0 aliphatic rings. The number of carbonyl (C=O) groups is 2. The SMILES string of the molecule is CCCCCCCCCCCC/C=C/C(O)C(CO)NC(=O)CCCCCCCCCCCCCCCCCCCCCCCCCCCCCCCCCCCOC(=O)CCCCCCCCCCCCCCCC. The molecule has 0 aromatic heterocycles. The zero-order valence-corrected chi connectivity index (χ0v) is 51.8. The molecule has 0 saturated heterocycles. The van der Waals surface area contributed by atoms with E-state index in [9.17, 15) is 19.8 Å². The number of esters is 1. The van der Waals surface area contributed by atoms with Crippen LogP contribution in [-0.2, 0) is 14.3 Å². The molecular formula is C70H137NO5. The normalized spacial score (nSPS) is 12.5. The molecule has 2 unspecified atom stereocenters. The number of aliphatic hydroxyl groups is 2. The van der Waals surface area contributed by atoms with Crippen molar-refractivity contribution in [3.05, 3.63) is 12.2 Å². The fourth-order valence-electron chi connectivity index (χ4n) is 11.2. The highest BCUT2D eigenvalue weighted by atomic mass is 16.5. The Morgan fingerprint density at radius 3 is 0.895 bits per heavy atom. The molecule has 0 radical (unpaired) electrons. The van der Waals surface area contributed by atoms with Gasteiger partial charge in [-0.1, -0.05) is 366 Å². The maximum atomic E-state index is 12.5. The number of rotatable bonds is 66. The minimum atomic E-state index is -0.839. The molecule has 0 bridgehead atoms. The van der Waals surface area contributed by atoms with Crippen LogP contribution in [0.4, 0.5) is 0 Å². The van der Waals surface area contributed by atoms with Crippen LogP contribution in [0.5, 0.6) is 0 Å². The van der Waals surface area contributed by atoms with Gasteiger partial charge in [-0.2, -0.15) is 0 Å². The molecule has 6 nitrogen and oxygen atoms in total. The smallest absolute Gasteiger partial charge is 0.305 e. The summed E-state index contributed by atoms with van der Waals surface area (Å²) < 4.78 is 5.50. The van der Waals surface area contributed by atoms with Gasteiger partial charge in [0.2, 0.25) is 5.91 Å². The van der Waals surface area contributed by atoms with Crippen molar-refractivity contribution in [2.24, 2.45) is 0 Å². The van der Waals surface area contributed by atoms with Crippen LogP contribution in [0.25, 0.3) is 0 Å². The first-order valence-electron chi connectivity index (χ1n) is 35.0. The summed E-state index contributed by atoms with van der Waals surface area (Å²) in [5, 5.41) is 23.1. The summed E-state index contributed by atoms with van der Waals surface area (Å²) in [6.45, 7) is 4.93. The van der Waals surface area contributed by atoms with Crippen LogP contribution in [0.2, 0.25) is 0 Å². The molecule has 0 aromatic carbocycles. The molecule has 0 spiro atoms. The van der Waals surface area contributed by atoms with Gasteiger partial charge in [0.15, 0.2) is 0 Å². The number of hydrogen-bond acceptors (Lipinski definition) is 5. The lowest BCUT2D eigenvalue weighted by Crippen LogP contribution is -2.45. The number of unbranched alkanes of at least 4 members (excludes halogenated alkanes) is 55. The maximum Gasteiger partial charge on any atom is 0.305 e. The molecule has 0 aliphatic carbocycles. The molecule has 3 N–H and O–H groups in total. The van der Waals surface area contributed by atoms with E-state index >= 15 is 0 Å². The van der Waals surface area contributed by atoms with E-state index in [4.69, 9.17) is 4.74 Å². The van der Waals surface area contributed by atoms with E-state index < -0.39 is 12.1 Å². The van der Waals surface area contributed by atoms with Crippen molar-refractivity contribution < 1.29 is 24.5 Å². The number of ether oxygens (including phenoxy) is 1. The molecule has 0 heterocycles. The van der Waals surface area contributed by atoms with Crippen molar-refractivity contribution in [3.63, 3.8) is 0 Å². The van der Waals surface area contributed by atoms with Crippen LogP contribution >= 0.6 is 0 Å². The zero-order chi connectivity index (χ0) is 55.0. The summed E-state index contributed by atoms with van der Waals surface area (Å²) in [5.41, 5.74) is 0. The Labute approximate surface area is 476 Å². The van der Waals surface area contributed by atoms with Crippen molar-refractivity contribution in [3.8, 4) is 0 Å². The lowest BCUT2D eigenvalue weighted by atomic mass is 10.0. The van der Waals surface area contributed by atoms with Crippen molar-refractivity contribution in [1.29, 1.82) is 0 Å². The first kappa shape index (κ1) is 74.6. The van der Waals surface area contributed by atoms with Gasteiger partial charge in [-0.05, 0) is 32.1 Å². The number of carbonyl (C=O) groups excluding carboxylic acids is 2. The number of allylic oxidation sites excluding steroid dienone is 1. The first-order valence-corrected chi connectivity index (χ1v) is 35.0. The Morgan fingerprint density at radius 2 is 0.605 bits per heavy atom. The van der Waals surface area contributed by atoms with Crippen molar-refractivity contribution in [2.45, 2.75) is 411 Å².